The van der Waals surface area contributed by atoms with Crippen molar-refractivity contribution in [3.8, 4) is 0 Å². The van der Waals surface area contributed by atoms with Gasteiger partial charge in [0, 0.05) is 0 Å². The van der Waals surface area contributed by atoms with Crippen molar-refractivity contribution in [1.29, 1.82) is 0 Å². The predicted octanol–water partition coefficient (Wildman–Crippen LogP) is 1.32. The first kappa shape index (κ1) is 17.6. The van der Waals surface area contributed by atoms with E-state index >= 15 is 0 Å². The summed E-state index contributed by atoms with van der Waals surface area (Å²) in [5.74, 6) is -6.92. The van der Waals surface area contributed by atoms with Gasteiger partial charge in [-0.25, -0.2) is 8.42 Å². The maximum absolute atomic E-state index is 11.8. The van der Waals surface area contributed by atoms with Crippen molar-refractivity contribution >= 4 is 10.1 Å². The summed E-state index contributed by atoms with van der Waals surface area (Å²) in [6.45, 7) is 0. The summed E-state index contributed by atoms with van der Waals surface area (Å²) in [6, 6.07) is 0. The Labute approximate surface area is 93.9 Å². The fourth-order valence-corrected chi connectivity index (χ4v) is 0.752. The third-order valence-electron chi connectivity index (χ3n) is 1.04. The van der Waals surface area contributed by atoms with Crippen LogP contribution in [-0.4, -0.2) is 30.3 Å². The van der Waals surface area contributed by atoms with E-state index in [4.69, 9.17) is 0 Å². The molecule has 12 heteroatoms. The quantitative estimate of drug-likeness (QED) is 0.426. The van der Waals surface area contributed by atoms with Crippen LogP contribution in [0.4, 0.5) is 30.7 Å². The van der Waals surface area contributed by atoms with Gasteiger partial charge in [-0.2, -0.15) is 30.7 Å². The molecule has 0 fully saturated rings. The first-order chi connectivity index (χ1) is 5.75. The van der Waals surface area contributed by atoms with E-state index in [1.54, 1.807) is 0 Å². The van der Waals surface area contributed by atoms with Gasteiger partial charge in [0.25, 0.3) is 0 Å². The molecule has 0 aliphatic heterocycles. The van der Waals surface area contributed by atoms with Crippen LogP contribution in [0.5, 0.6) is 0 Å². The minimum Gasteiger partial charge on any atom is -0.743 e. The second-order valence-corrected chi connectivity index (χ2v) is 3.46. The summed E-state index contributed by atoms with van der Waals surface area (Å²) >= 11 is 0. The van der Waals surface area contributed by atoms with E-state index in [9.17, 15) is 43.7 Å². The summed E-state index contributed by atoms with van der Waals surface area (Å²) in [7, 11) is -7.10. The summed E-state index contributed by atoms with van der Waals surface area (Å²) in [6.07, 6.45) is -6.83. The molecule has 0 heterocycles. The van der Waals surface area contributed by atoms with Gasteiger partial charge in [-0.15, -0.1) is 0 Å². The van der Waals surface area contributed by atoms with Gasteiger partial charge in [0.15, 0.2) is 10.1 Å². The molecule has 0 aromatic rings. The van der Waals surface area contributed by atoms with Gasteiger partial charge < -0.3 is 4.55 Å². The van der Waals surface area contributed by atoms with Gasteiger partial charge in [-0.3, -0.25) is 0 Å². The predicted molar refractivity (Wildman–Crippen MR) is 25.6 cm³/mol. The second-order valence-electron chi connectivity index (χ2n) is 2.04. The van der Waals surface area contributed by atoms with Crippen LogP contribution in [-0.2, 0) is 32.5 Å². The van der Waals surface area contributed by atoms with E-state index in [2.05, 4.69) is 0 Å². The van der Waals surface area contributed by atoms with Crippen LogP contribution in [0.1, 0.15) is 0 Å². The molecule has 0 atom stereocenters. The van der Waals surface area contributed by atoms with Crippen molar-refractivity contribution in [2.45, 2.75) is 17.4 Å². The van der Waals surface area contributed by atoms with E-state index in [0.29, 0.717) is 0 Å². The summed E-state index contributed by atoms with van der Waals surface area (Å²) in [5, 5.41) is -6.72. The largest absolute Gasteiger partial charge is 1.00 e. The summed E-state index contributed by atoms with van der Waals surface area (Å²) in [5.41, 5.74) is 0. The Morgan fingerprint density at radius 2 is 1.13 bits per heavy atom. The van der Waals surface area contributed by atoms with Gasteiger partial charge in [0.2, 0.25) is 0 Å². The average molecular weight is 357 g/mol. The molecule has 96 valence electrons. The van der Waals surface area contributed by atoms with Crippen LogP contribution in [0.2, 0.25) is 0 Å². The Morgan fingerprint density at radius 3 is 1.20 bits per heavy atom. The third kappa shape index (κ3) is 2.84. The molecule has 0 rings (SSSR count). The first-order valence-corrected chi connectivity index (χ1v) is 3.94. The van der Waals surface area contributed by atoms with Crippen molar-refractivity contribution < 1.29 is 66.1 Å². The molecule has 0 aliphatic rings. The summed E-state index contributed by atoms with van der Waals surface area (Å²) in [4.78, 5) is 0. The Balaban J connectivity index is 0. The van der Waals surface area contributed by atoms with Crippen LogP contribution >= 0.6 is 0 Å². The molecular weight excluding hydrogens is 357 g/mol. The zero-order valence-corrected chi connectivity index (χ0v) is 8.38. The zero-order valence-electron chi connectivity index (χ0n) is 6.08. The maximum atomic E-state index is 11.8. The average Bonchev–Trinajstić information content (AvgIpc) is 1.81. The number of hydrogen-bond acceptors (Lipinski definition) is 3. The molecule has 0 saturated heterocycles. The fraction of sp³-hybridized carbons (Fsp3) is 1.00. The first-order valence-electron chi connectivity index (χ1n) is 2.53. The van der Waals surface area contributed by atoms with Crippen molar-refractivity contribution in [3.63, 3.8) is 0 Å². The molecular formula is C3AgF7O3S. The number of hydrogen-bond donors (Lipinski definition) is 0. The molecule has 0 N–H and O–H groups in total. The van der Waals surface area contributed by atoms with Crippen LogP contribution in [0.15, 0.2) is 0 Å². The Morgan fingerprint density at radius 1 is 0.867 bits per heavy atom. The molecule has 0 aromatic heterocycles. The molecule has 0 saturated carbocycles. The van der Waals surface area contributed by atoms with E-state index in [-0.39, 0.29) is 22.4 Å². The molecule has 0 aliphatic carbocycles. The van der Waals surface area contributed by atoms with Crippen LogP contribution in [0.3, 0.4) is 0 Å². The second kappa shape index (κ2) is 4.20. The normalized spacial score (nSPS) is 14.7. The number of halogens is 7. The topological polar surface area (TPSA) is 57.2 Å². The van der Waals surface area contributed by atoms with E-state index in [1.807, 2.05) is 0 Å². The molecule has 0 unspecified atom stereocenters. The minimum absolute atomic E-state index is 0. The number of rotatable bonds is 2. The fourth-order valence-electron chi connectivity index (χ4n) is 0.322. The Bertz CT molecular complexity index is 319. The van der Waals surface area contributed by atoms with Crippen molar-refractivity contribution in [1.82, 2.24) is 0 Å². The molecule has 0 radical (unpaired) electrons. The summed E-state index contributed by atoms with van der Waals surface area (Å²) < 4.78 is 109. The van der Waals surface area contributed by atoms with Crippen LogP contribution in [0, 0.1) is 0 Å². The van der Waals surface area contributed by atoms with E-state index < -0.39 is 27.5 Å². The minimum atomic E-state index is -7.10. The molecule has 0 spiro atoms. The Hall–Kier alpha value is 0.160. The van der Waals surface area contributed by atoms with Crippen molar-refractivity contribution in [2.75, 3.05) is 0 Å². The third-order valence-corrected chi connectivity index (χ3v) is 1.92. The van der Waals surface area contributed by atoms with Gasteiger partial charge in [0.1, 0.15) is 0 Å². The van der Waals surface area contributed by atoms with Gasteiger partial charge in [-0.05, 0) is 0 Å². The maximum Gasteiger partial charge on any atom is 1.00 e. The molecule has 0 bridgehead atoms. The van der Waals surface area contributed by atoms with E-state index in [0.717, 1.165) is 0 Å². The van der Waals surface area contributed by atoms with E-state index in [1.165, 1.54) is 0 Å². The molecule has 3 nitrogen and oxygen atoms in total. The van der Waals surface area contributed by atoms with Gasteiger partial charge in [0.05, 0.1) is 0 Å². The Kier molecular flexibility index (Phi) is 4.92. The molecule has 0 amide bonds. The van der Waals surface area contributed by atoms with Crippen LogP contribution < -0.4 is 0 Å². The van der Waals surface area contributed by atoms with Gasteiger partial charge >= 0.3 is 39.7 Å². The van der Waals surface area contributed by atoms with Crippen LogP contribution in [0.25, 0.3) is 0 Å². The number of alkyl halides is 7. The monoisotopic (exact) mass is 356 g/mol. The van der Waals surface area contributed by atoms with Crippen molar-refractivity contribution in [3.05, 3.63) is 0 Å². The SMILES string of the molecule is O=S(=O)([O-])C(F)(F)C(F)(F)C(F)(F)F.[Ag+]. The van der Waals surface area contributed by atoms with Gasteiger partial charge in [-0.1, -0.05) is 0 Å². The molecule has 0 aromatic carbocycles. The smallest absolute Gasteiger partial charge is 0.743 e. The molecule has 15 heavy (non-hydrogen) atoms. The van der Waals surface area contributed by atoms with Crippen molar-refractivity contribution in [2.24, 2.45) is 0 Å². The standard InChI is InChI=1S/C3HF7O3S.Ag/c4-1(5,2(6,7)8)3(9,10)14(11,12)13;/h(H,11,12,13);/q;+1/p-1. The zero-order chi connectivity index (χ0) is 12.0.